The summed E-state index contributed by atoms with van der Waals surface area (Å²) in [6.07, 6.45) is -3.20. The molecule has 2 rings (SSSR count). The minimum atomic E-state index is -4.67. The zero-order chi connectivity index (χ0) is 16.3. The molecule has 2 heterocycles. The standard InChI is InChI=1S/C13H11F3N4O2/c14-13(15,16)9-4-3-8(12(21)22)11(20-9)19-6-7-2-1-5-18-10(7)17/h1-5H,6H2,(H2,17,18)(H,19,20)(H,21,22). The van der Waals surface area contributed by atoms with Crippen LogP contribution in [0.25, 0.3) is 0 Å². The SMILES string of the molecule is Nc1ncccc1CNc1nc(C(F)(F)F)ccc1C(=O)O. The van der Waals surface area contributed by atoms with Crippen LogP contribution >= 0.6 is 0 Å². The molecule has 0 spiro atoms. The summed E-state index contributed by atoms with van der Waals surface area (Å²) >= 11 is 0. The summed E-state index contributed by atoms with van der Waals surface area (Å²) < 4.78 is 38.0. The molecule has 0 saturated heterocycles. The van der Waals surface area contributed by atoms with E-state index in [1.807, 2.05) is 0 Å². The Balaban J connectivity index is 2.31. The van der Waals surface area contributed by atoms with E-state index in [9.17, 15) is 18.0 Å². The van der Waals surface area contributed by atoms with E-state index in [0.29, 0.717) is 11.6 Å². The summed E-state index contributed by atoms with van der Waals surface area (Å²) in [6.45, 7) is -0.00569. The van der Waals surface area contributed by atoms with Crippen LogP contribution < -0.4 is 11.1 Å². The van der Waals surface area contributed by atoms with Crippen molar-refractivity contribution in [2.24, 2.45) is 0 Å². The first-order chi connectivity index (χ1) is 10.3. The molecule has 0 aromatic carbocycles. The summed E-state index contributed by atoms with van der Waals surface area (Å²) in [5, 5.41) is 11.6. The summed E-state index contributed by atoms with van der Waals surface area (Å²) in [5.41, 5.74) is 4.58. The van der Waals surface area contributed by atoms with E-state index in [-0.39, 0.29) is 23.7 Å². The summed E-state index contributed by atoms with van der Waals surface area (Å²) in [5.74, 6) is -1.58. The maximum atomic E-state index is 12.7. The van der Waals surface area contributed by atoms with Gasteiger partial charge in [0, 0.05) is 18.3 Å². The van der Waals surface area contributed by atoms with Crippen LogP contribution in [0.4, 0.5) is 24.8 Å². The van der Waals surface area contributed by atoms with Gasteiger partial charge in [-0.2, -0.15) is 13.2 Å². The molecule has 0 aliphatic rings. The van der Waals surface area contributed by atoms with Gasteiger partial charge in [0.1, 0.15) is 22.9 Å². The monoisotopic (exact) mass is 312 g/mol. The molecule has 2 aromatic rings. The van der Waals surface area contributed by atoms with Crippen molar-refractivity contribution in [2.75, 3.05) is 11.1 Å². The number of carboxylic acid groups (broad SMARTS) is 1. The number of hydrogen-bond acceptors (Lipinski definition) is 5. The highest BCUT2D eigenvalue weighted by molar-refractivity contribution is 5.93. The Labute approximate surface area is 122 Å². The van der Waals surface area contributed by atoms with Gasteiger partial charge in [0.2, 0.25) is 0 Å². The summed E-state index contributed by atoms with van der Waals surface area (Å²) in [4.78, 5) is 18.2. The number of pyridine rings is 2. The molecular weight excluding hydrogens is 301 g/mol. The molecule has 0 fully saturated rings. The molecular formula is C13H11F3N4O2. The van der Waals surface area contributed by atoms with Crippen LogP contribution in [0, 0.1) is 0 Å². The molecule has 2 aromatic heterocycles. The normalized spacial score (nSPS) is 11.2. The van der Waals surface area contributed by atoms with Crippen molar-refractivity contribution in [1.82, 2.24) is 9.97 Å². The predicted octanol–water partition coefficient (Wildman–Crippen LogP) is 2.39. The van der Waals surface area contributed by atoms with Crippen molar-refractivity contribution in [3.63, 3.8) is 0 Å². The predicted molar refractivity (Wildman–Crippen MR) is 72.2 cm³/mol. The van der Waals surface area contributed by atoms with Gasteiger partial charge in [0.25, 0.3) is 0 Å². The van der Waals surface area contributed by atoms with Gasteiger partial charge in [-0.25, -0.2) is 14.8 Å². The first kappa shape index (κ1) is 15.5. The van der Waals surface area contributed by atoms with E-state index in [0.717, 1.165) is 6.07 Å². The van der Waals surface area contributed by atoms with Gasteiger partial charge in [0.15, 0.2) is 0 Å². The Hall–Kier alpha value is -2.84. The number of aromatic nitrogens is 2. The lowest BCUT2D eigenvalue weighted by Crippen LogP contribution is -2.14. The third-order valence-electron chi connectivity index (χ3n) is 2.79. The fraction of sp³-hybridized carbons (Fsp3) is 0.154. The number of aromatic carboxylic acids is 1. The number of rotatable bonds is 4. The summed E-state index contributed by atoms with van der Waals surface area (Å²) in [7, 11) is 0. The van der Waals surface area contributed by atoms with Crippen LogP contribution in [0.5, 0.6) is 0 Å². The first-order valence-electron chi connectivity index (χ1n) is 6.04. The first-order valence-corrected chi connectivity index (χ1v) is 6.04. The number of nitrogen functional groups attached to an aromatic ring is 1. The molecule has 0 atom stereocenters. The topological polar surface area (TPSA) is 101 Å². The molecule has 0 amide bonds. The minimum Gasteiger partial charge on any atom is -0.478 e. The lowest BCUT2D eigenvalue weighted by atomic mass is 10.2. The molecule has 0 aliphatic heterocycles. The van der Waals surface area contributed by atoms with E-state index >= 15 is 0 Å². The number of hydrogen-bond donors (Lipinski definition) is 3. The van der Waals surface area contributed by atoms with E-state index < -0.39 is 17.8 Å². The molecule has 0 saturated carbocycles. The lowest BCUT2D eigenvalue weighted by molar-refractivity contribution is -0.141. The molecule has 0 bridgehead atoms. The van der Waals surface area contributed by atoms with Crippen LogP contribution in [0.3, 0.4) is 0 Å². The Morgan fingerprint density at radius 1 is 1.32 bits per heavy atom. The van der Waals surface area contributed by atoms with Crippen molar-refractivity contribution in [3.8, 4) is 0 Å². The van der Waals surface area contributed by atoms with Crippen molar-refractivity contribution in [2.45, 2.75) is 12.7 Å². The fourth-order valence-electron chi connectivity index (χ4n) is 1.70. The second-order valence-corrected chi connectivity index (χ2v) is 4.30. The third kappa shape index (κ3) is 3.43. The van der Waals surface area contributed by atoms with Crippen molar-refractivity contribution >= 4 is 17.6 Å². The number of carboxylic acids is 1. The Bertz CT molecular complexity index is 704. The molecule has 0 radical (unpaired) electrons. The highest BCUT2D eigenvalue weighted by Gasteiger charge is 2.33. The molecule has 4 N–H and O–H groups in total. The Kier molecular flexibility index (Phi) is 4.15. The van der Waals surface area contributed by atoms with E-state index in [1.165, 1.54) is 6.20 Å². The number of anilines is 2. The van der Waals surface area contributed by atoms with Gasteiger partial charge in [0.05, 0.1) is 0 Å². The third-order valence-corrected chi connectivity index (χ3v) is 2.79. The number of carbonyl (C=O) groups is 1. The van der Waals surface area contributed by atoms with Crippen molar-refractivity contribution in [3.05, 3.63) is 47.3 Å². The molecule has 0 unspecified atom stereocenters. The second-order valence-electron chi connectivity index (χ2n) is 4.30. The zero-order valence-electron chi connectivity index (χ0n) is 11.1. The molecule has 22 heavy (non-hydrogen) atoms. The van der Waals surface area contributed by atoms with Crippen LogP contribution in [-0.2, 0) is 12.7 Å². The number of nitrogens with zero attached hydrogens (tertiary/aromatic N) is 2. The number of nitrogens with one attached hydrogen (secondary N) is 1. The van der Waals surface area contributed by atoms with Crippen LogP contribution in [0.15, 0.2) is 30.5 Å². The van der Waals surface area contributed by atoms with Gasteiger partial charge in [-0.1, -0.05) is 6.07 Å². The van der Waals surface area contributed by atoms with E-state index in [2.05, 4.69) is 15.3 Å². The second kappa shape index (κ2) is 5.88. The van der Waals surface area contributed by atoms with Crippen molar-refractivity contribution in [1.29, 1.82) is 0 Å². The molecule has 0 aliphatic carbocycles. The zero-order valence-corrected chi connectivity index (χ0v) is 11.1. The lowest BCUT2D eigenvalue weighted by Gasteiger charge is -2.12. The van der Waals surface area contributed by atoms with E-state index in [1.54, 1.807) is 12.1 Å². The van der Waals surface area contributed by atoms with Gasteiger partial charge in [-0.3, -0.25) is 0 Å². The number of nitrogens with two attached hydrogens (primary N) is 1. The van der Waals surface area contributed by atoms with Crippen LogP contribution in [-0.4, -0.2) is 21.0 Å². The van der Waals surface area contributed by atoms with Gasteiger partial charge in [-0.15, -0.1) is 0 Å². The average Bonchev–Trinajstić information content (AvgIpc) is 2.45. The molecule has 9 heteroatoms. The van der Waals surface area contributed by atoms with Gasteiger partial charge < -0.3 is 16.2 Å². The van der Waals surface area contributed by atoms with Crippen LogP contribution in [0.2, 0.25) is 0 Å². The maximum Gasteiger partial charge on any atom is 0.433 e. The number of alkyl halides is 3. The maximum absolute atomic E-state index is 12.7. The van der Waals surface area contributed by atoms with Crippen molar-refractivity contribution < 1.29 is 23.1 Å². The largest absolute Gasteiger partial charge is 0.478 e. The average molecular weight is 312 g/mol. The summed E-state index contributed by atoms with van der Waals surface area (Å²) in [6, 6.07) is 4.69. The number of halogens is 3. The fourth-order valence-corrected chi connectivity index (χ4v) is 1.70. The Morgan fingerprint density at radius 3 is 2.64 bits per heavy atom. The highest BCUT2D eigenvalue weighted by Crippen LogP contribution is 2.29. The van der Waals surface area contributed by atoms with Gasteiger partial charge >= 0.3 is 12.1 Å². The smallest absolute Gasteiger partial charge is 0.433 e. The Morgan fingerprint density at radius 2 is 2.05 bits per heavy atom. The quantitative estimate of drug-likeness (QED) is 0.801. The molecule has 6 nitrogen and oxygen atoms in total. The van der Waals surface area contributed by atoms with Gasteiger partial charge in [-0.05, 0) is 18.2 Å². The minimum absolute atomic E-state index is 0.00569. The molecule has 116 valence electrons. The van der Waals surface area contributed by atoms with E-state index in [4.69, 9.17) is 10.8 Å². The highest BCUT2D eigenvalue weighted by atomic mass is 19.4. The van der Waals surface area contributed by atoms with Crippen LogP contribution in [0.1, 0.15) is 21.6 Å².